The van der Waals surface area contributed by atoms with E-state index in [0.29, 0.717) is 11.9 Å². The van der Waals surface area contributed by atoms with Crippen molar-refractivity contribution in [1.29, 1.82) is 0 Å². The van der Waals surface area contributed by atoms with Crippen molar-refractivity contribution in [1.82, 2.24) is 4.98 Å². The van der Waals surface area contributed by atoms with Gasteiger partial charge in [-0.05, 0) is 36.8 Å². The first-order chi connectivity index (χ1) is 8.54. The topological polar surface area (TPSA) is 42.0 Å². The third-order valence-electron chi connectivity index (χ3n) is 2.28. The molecule has 2 rings (SSSR count). The molecule has 0 aliphatic rings. The van der Waals surface area contributed by atoms with Crippen molar-refractivity contribution < 1.29 is 13.6 Å². The molecule has 0 saturated heterocycles. The molecule has 0 spiro atoms. The lowest BCUT2D eigenvalue weighted by atomic mass is 10.2. The Balaban J connectivity index is 2.22. The van der Waals surface area contributed by atoms with E-state index >= 15 is 0 Å². The first kappa shape index (κ1) is 12.2. The van der Waals surface area contributed by atoms with E-state index in [2.05, 4.69) is 10.3 Å². The summed E-state index contributed by atoms with van der Waals surface area (Å²) in [4.78, 5) is 15.7. The lowest BCUT2D eigenvalue weighted by Gasteiger charge is -2.05. The minimum Gasteiger partial charge on any atom is -0.307 e. The highest BCUT2D eigenvalue weighted by Gasteiger charge is 2.10. The maximum absolute atomic E-state index is 13.0. The largest absolute Gasteiger partial charge is 0.307 e. The van der Waals surface area contributed by atoms with Gasteiger partial charge in [-0.25, -0.2) is 13.8 Å². The molecule has 1 aromatic heterocycles. The van der Waals surface area contributed by atoms with Gasteiger partial charge in [0.25, 0.3) is 5.91 Å². The molecule has 0 aliphatic heterocycles. The molecular weight excluding hydrogens is 238 g/mol. The van der Waals surface area contributed by atoms with E-state index in [1.54, 1.807) is 12.1 Å². The number of benzene rings is 1. The molecule has 0 atom stereocenters. The van der Waals surface area contributed by atoms with Crippen LogP contribution in [0.25, 0.3) is 0 Å². The van der Waals surface area contributed by atoms with Gasteiger partial charge in [-0.15, -0.1) is 0 Å². The number of anilines is 1. The van der Waals surface area contributed by atoms with E-state index in [-0.39, 0.29) is 5.56 Å². The van der Waals surface area contributed by atoms with Crippen LogP contribution in [0, 0.1) is 18.6 Å². The van der Waals surface area contributed by atoms with Gasteiger partial charge in [0.2, 0.25) is 0 Å². The normalized spacial score (nSPS) is 10.2. The highest BCUT2D eigenvalue weighted by Crippen LogP contribution is 2.11. The second-order valence-electron chi connectivity index (χ2n) is 3.83. The lowest BCUT2D eigenvalue weighted by molar-refractivity contribution is 0.102. The SMILES string of the molecule is Cc1ccnc(NC(=O)c2cc(F)cc(F)c2)c1. The van der Waals surface area contributed by atoms with E-state index in [0.717, 1.165) is 17.7 Å². The number of hydrogen-bond donors (Lipinski definition) is 1. The van der Waals surface area contributed by atoms with Gasteiger partial charge in [-0.3, -0.25) is 4.79 Å². The van der Waals surface area contributed by atoms with E-state index in [4.69, 9.17) is 0 Å². The van der Waals surface area contributed by atoms with Crippen molar-refractivity contribution in [2.75, 3.05) is 5.32 Å². The van der Waals surface area contributed by atoms with Crippen LogP contribution in [0.1, 0.15) is 15.9 Å². The maximum Gasteiger partial charge on any atom is 0.257 e. The minimum atomic E-state index is -0.794. The molecular formula is C13H10F2N2O. The number of rotatable bonds is 2. The van der Waals surface area contributed by atoms with Crippen LogP contribution in [0.3, 0.4) is 0 Å². The summed E-state index contributed by atoms with van der Waals surface area (Å²) in [5.74, 6) is -1.86. The molecule has 1 N–H and O–H groups in total. The van der Waals surface area contributed by atoms with Crippen molar-refractivity contribution in [3.05, 3.63) is 59.3 Å². The molecule has 0 saturated carbocycles. The molecule has 0 bridgehead atoms. The summed E-state index contributed by atoms with van der Waals surface area (Å²) in [6.45, 7) is 1.85. The average Bonchev–Trinajstić information content (AvgIpc) is 2.27. The fourth-order valence-corrected chi connectivity index (χ4v) is 1.48. The van der Waals surface area contributed by atoms with Crippen molar-refractivity contribution >= 4 is 11.7 Å². The number of carbonyl (C=O) groups excluding carboxylic acids is 1. The molecule has 1 aromatic carbocycles. The van der Waals surface area contributed by atoms with Crippen LogP contribution in [0.15, 0.2) is 36.5 Å². The molecule has 0 unspecified atom stereocenters. The summed E-state index contributed by atoms with van der Waals surface area (Å²) in [7, 11) is 0. The Hall–Kier alpha value is -2.30. The third-order valence-corrected chi connectivity index (χ3v) is 2.28. The molecule has 3 nitrogen and oxygen atoms in total. The van der Waals surface area contributed by atoms with Crippen molar-refractivity contribution in [3.63, 3.8) is 0 Å². The number of aryl methyl sites for hydroxylation is 1. The Kier molecular flexibility index (Phi) is 3.32. The standard InChI is InChI=1S/C13H10F2N2O/c1-8-2-3-16-12(4-8)17-13(18)9-5-10(14)7-11(15)6-9/h2-7H,1H3,(H,16,17,18). The predicted molar refractivity (Wildman–Crippen MR) is 63.3 cm³/mol. The van der Waals surface area contributed by atoms with Gasteiger partial charge >= 0.3 is 0 Å². The van der Waals surface area contributed by atoms with Crippen LogP contribution in [0.5, 0.6) is 0 Å². The number of carbonyl (C=O) groups is 1. The number of pyridine rings is 1. The first-order valence-corrected chi connectivity index (χ1v) is 5.25. The molecule has 1 amide bonds. The van der Waals surface area contributed by atoms with Gasteiger partial charge in [0.1, 0.15) is 17.5 Å². The first-order valence-electron chi connectivity index (χ1n) is 5.25. The van der Waals surface area contributed by atoms with Gasteiger partial charge in [-0.2, -0.15) is 0 Å². The fraction of sp³-hybridized carbons (Fsp3) is 0.0769. The van der Waals surface area contributed by atoms with E-state index < -0.39 is 17.5 Å². The molecule has 18 heavy (non-hydrogen) atoms. The number of amides is 1. The van der Waals surface area contributed by atoms with Crippen LogP contribution in [0.2, 0.25) is 0 Å². The van der Waals surface area contributed by atoms with Crippen molar-refractivity contribution in [2.24, 2.45) is 0 Å². The number of nitrogens with one attached hydrogen (secondary N) is 1. The van der Waals surface area contributed by atoms with Crippen LogP contribution >= 0.6 is 0 Å². The van der Waals surface area contributed by atoms with Gasteiger partial charge in [0, 0.05) is 17.8 Å². The summed E-state index contributed by atoms with van der Waals surface area (Å²) in [5, 5.41) is 2.47. The zero-order valence-electron chi connectivity index (χ0n) is 9.58. The summed E-state index contributed by atoms with van der Waals surface area (Å²) >= 11 is 0. The smallest absolute Gasteiger partial charge is 0.257 e. The van der Waals surface area contributed by atoms with Gasteiger partial charge in [0.05, 0.1) is 0 Å². The Morgan fingerprint density at radius 3 is 2.44 bits per heavy atom. The number of nitrogens with zero attached hydrogens (tertiary/aromatic N) is 1. The zero-order valence-corrected chi connectivity index (χ0v) is 9.58. The Bertz CT molecular complexity index is 579. The molecule has 0 aliphatic carbocycles. The monoisotopic (exact) mass is 248 g/mol. The van der Waals surface area contributed by atoms with Gasteiger partial charge in [0.15, 0.2) is 0 Å². The van der Waals surface area contributed by atoms with Crippen LogP contribution in [-0.4, -0.2) is 10.9 Å². The van der Waals surface area contributed by atoms with Crippen LogP contribution < -0.4 is 5.32 Å². The number of aromatic nitrogens is 1. The van der Waals surface area contributed by atoms with E-state index in [1.807, 2.05) is 6.92 Å². The second kappa shape index (κ2) is 4.91. The maximum atomic E-state index is 13.0. The summed E-state index contributed by atoms with van der Waals surface area (Å²) < 4.78 is 25.9. The lowest BCUT2D eigenvalue weighted by Crippen LogP contribution is -2.13. The highest BCUT2D eigenvalue weighted by atomic mass is 19.1. The summed E-state index contributed by atoms with van der Waals surface area (Å²) in [6, 6.07) is 6.08. The highest BCUT2D eigenvalue weighted by molar-refractivity contribution is 6.03. The molecule has 92 valence electrons. The summed E-state index contributed by atoms with van der Waals surface area (Å²) in [6.07, 6.45) is 1.54. The Morgan fingerprint density at radius 1 is 1.17 bits per heavy atom. The molecule has 0 fully saturated rings. The van der Waals surface area contributed by atoms with Crippen LogP contribution in [-0.2, 0) is 0 Å². The number of hydrogen-bond acceptors (Lipinski definition) is 2. The van der Waals surface area contributed by atoms with Gasteiger partial charge in [-0.1, -0.05) is 0 Å². The molecule has 5 heteroatoms. The third kappa shape index (κ3) is 2.88. The van der Waals surface area contributed by atoms with E-state index in [9.17, 15) is 13.6 Å². The predicted octanol–water partition coefficient (Wildman–Crippen LogP) is 2.92. The average molecular weight is 248 g/mol. The molecule has 2 aromatic rings. The fourth-order valence-electron chi connectivity index (χ4n) is 1.48. The quantitative estimate of drug-likeness (QED) is 0.887. The number of halogens is 2. The molecule has 1 heterocycles. The Labute approximate surface area is 102 Å². The van der Waals surface area contributed by atoms with E-state index in [1.165, 1.54) is 6.20 Å². The summed E-state index contributed by atoms with van der Waals surface area (Å²) in [5.41, 5.74) is 0.835. The van der Waals surface area contributed by atoms with Crippen LogP contribution in [0.4, 0.5) is 14.6 Å². The van der Waals surface area contributed by atoms with Crippen molar-refractivity contribution in [3.8, 4) is 0 Å². The second-order valence-corrected chi connectivity index (χ2v) is 3.83. The van der Waals surface area contributed by atoms with Gasteiger partial charge < -0.3 is 5.32 Å². The Morgan fingerprint density at radius 2 is 1.83 bits per heavy atom. The van der Waals surface area contributed by atoms with Crippen molar-refractivity contribution in [2.45, 2.75) is 6.92 Å². The molecule has 0 radical (unpaired) electrons. The minimum absolute atomic E-state index is 0.0872. The zero-order chi connectivity index (χ0) is 13.1.